The molecule has 5 nitrogen and oxygen atoms in total. The zero-order valence-electron chi connectivity index (χ0n) is 14.7. The van der Waals surface area contributed by atoms with Crippen LogP contribution in [0.3, 0.4) is 0 Å². The summed E-state index contributed by atoms with van der Waals surface area (Å²) in [5, 5.41) is 30.4. The van der Waals surface area contributed by atoms with Crippen LogP contribution in [0.1, 0.15) is 18.4 Å². The predicted molar refractivity (Wildman–Crippen MR) is 103 cm³/mol. The summed E-state index contributed by atoms with van der Waals surface area (Å²) in [5.41, 5.74) is 6.16. The first-order valence-corrected chi connectivity index (χ1v) is 9.30. The lowest BCUT2D eigenvalue weighted by Crippen LogP contribution is -2.48. The molecule has 3 rings (SSSR count). The minimum absolute atomic E-state index is 0.0107. The van der Waals surface area contributed by atoms with Gasteiger partial charge in [0.15, 0.2) is 5.41 Å². The van der Waals surface area contributed by atoms with E-state index in [-0.39, 0.29) is 17.2 Å². The van der Waals surface area contributed by atoms with Gasteiger partial charge in [-0.15, -0.1) is 0 Å². The third kappa shape index (κ3) is 2.78. The fraction of sp³-hybridized carbons (Fsp3) is 0.350. The van der Waals surface area contributed by atoms with Gasteiger partial charge >= 0.3 is 0 Å². The minimum Gasteiger partial charge on any atom is -0.399 e. The van der Waals surface area contributed by atoms with Crippen molar-refractivity contribution in [1.29, 1.82) is 15.8 Å². The summed E-state index contributed by atoms with van der Waals surface area (Å²) in [6, 6.07) is 11.5. The van der Waals surface area contributed by atoms with Crippen LogP contribution in [0.2, 0.25) is 10.0 Å². The summed E-state index contributed by atoms with van der Waals surface area (Å²) in [4.78, 5) is 2.19. The Labute approximate surface area is 168 Å². The summed E-state index contributed by atoms with van der Waals surface area (Å²) >= 11 is 12.7. The molecule has 1 heterocycles. The fourth-order valence-corrected chi connectivity index (χ4v) is 4.53. The highest BCUT2D eigenvalue weighted by Gasteiger charge is 2.54. The molecule has 136 valence electrons. The molecule has 2 atom stereocenters. The van der Waals surface area contributed by atoms with Crippen molar-refractivity contribution in [1.82, 2.24) is 4.90 Å². The van der Waals surface area contributed by atoms with E-state index in [4.69, 9.17) is 28.9 Å². The van der Waals surface area contributed by atoms with E-state index in [2.05, 4.69) is 23.1 Å². The molecule has 0 bridgehead atoms. The summed E-state index contributed by atoms with van der Waals surface area (Å²) in [5.74, 6) is -0.896. The molecule has 1 aromatic rings. The molecule has 0 fully saturated rings. The van der Waals surface area contributed by atoms with Crippen LogP contribution in [-0.4, -0.2) is 24.5 Å². The highest BCUT2D eigenvalue weighted by atomic mass is 35.5. The van der Waals surface area contributed by atoms with Gasteiger partial charge in [-0.2, -0.15) is 15.8 Å². The van der Waals surface area contributed by atoms with E-state index in [1.807, 2.05) is 13.0 Å². The van der Waals surface area contributed by atoms with Crippen molar-refractivity contribution in [2.24, 2.45) is 17.1 Å². The van der Waals surface area contributed by atoms with Gasteiger partial charge in [-0.1, -0.05) is 48.3 Å². The third-order valence-corrected chi connectivity index (χ3v) is 6.34. The van der Waals surface area contributed by atoms with Gasteiger partial charge in [0.2, 0.25) is 0 Å². The summed E-state index contributed by atoms with van der Waals surface area (Å²) in [6.07, 6.45) is 1.97. The Bertz CT molecular complexity index is 960. The first-order chi connectivity index (χ1) is 12.9. The molecule has 0 amide bonds. The maximum Gasteiger partial charge on any atom is 0.191 e. The number of allylic oxidation sites excluding steroid dienone is 2. The minimum atomic E-state index is -1.70. The molecule has 1 aliphatic heterocycles. The Balaban J connectivity index is 2.36. The van der Waals surface area contributed by atoms with E-state index >= 15 is 0 Å². The molecule has 27 heavy (non-hydrogen) atoms. The first kappa shape index (κ1) is 19.3. The highest BCUT2D eigenvalue weighted by molar-refractivity contribution is 6.42. The standard InChI is InChI=1S/C20H17Cl2N5/c1-2-27-7-6-12-14(8-23)19(26)20(10-24,11-25)17(15(12)9-27)13-4-3-5-16(21)18(13)22/h3-6,15,17H,2,7,9,26H2,1H3/t15-,17-/m1/s1. The van der Waals surface area contributed by atoms with Crippen molar-refractivity contribution in [2.45, 2.75) is 12.8 Å². The topological polar surface area (TPSA) is 101 Å². The first-order valence-electron chi connectivity index (χ1n) is 8.54. The summed E-state index contributed by atoms with van der Waals surface area (Å²) in [7, 11) is 0. The molecule has 0 spiro atoms. The Morgan fingerprint density at radius 3 is 2.56 bits per heavy atom. The molecule has 0 saturated carbocycles. The average Bonchev–Trinajstić information content (AvgIpc) is 2.69. The van der Waals surface area contributed by atoms with Crippen LogP contribution in [-0.2, 0) is 0 Å². The monoisotopic (exact) mass is 397 g/mol. The van der Waals surface area contributed by atoms with Gasteiger partial charge in [0.05, 0.1) is 33.5 Å². The fourth-order valence-electron chi connectivity index (χ4n) is 4.10. The number of rotatable bonds is 2. The van der Waals surface area contributed by atoms with Crippen LogP contribution in [0, 0.1) is 45.3 Å². The molecule has 1 aliphatic carbocycles. The van der Waals surface area contributed by atoms with Crippen LogP contribution >= 0.6 is 23.2 Å². The molecule has 2 N–H and O–H groups in total. The van der Waals surface area contributed by atoms with Gasteiger partial charge in [0, 0.05) is 24.9 Å². The lowest BCUT2D eigenvalue weighted by atomic mass is 9.58. The number of hydrogen-bond donors (Lipinski definition) is 1. The number of halogens is 2. The zero-order chi connectivity index (χ0) is 19.8. The van der Waals surface area contributed by atoms with E-state index < -0.39 is 11.3 Å². The van der Waals surface area contributed by atoms with Crippen molar-refractivity contribution in [3.63, 3.8) is 0 Å². The summed E-state index contributed by atoms with van der Waals surface area (Å²) in [6.45, 7) is 4.13. The van der Waals surface area contributed by atoms with E-state index in [1.165, 1.54) is 0 Å². The largest absolute Gasteiger partial charge is 0.399 e. The molecule has 0 radical (unpaired) electrons. The van der Waals surface area contributed by atoms with E-state index in [0.29, 0.717) is 28.7 Å². The van der Waals surface area contributed by atoms with Gasteiger partial charge in [0.25, 0.3) is 0 Å². The molecular weight excluding hydrogens is 381 g/mol. The maximum atomic E-state index is 10.0. The van der Waals surface area contributed by atoms with Crippen LogP contribution in [0.15, 0.2) is 41.1 Å². The second-order valence-corrected chi connectivity index (χ2v) is 7.46. The number of nitrogens with two attached hydrogens (primary N) is 1. The van der Waals surface area contributed by atoms with E-state index in [1.54, 1.807) is 18.2 Å². The Hall–Kier alpha value is -2.49. The summed E-state index contributed by atoms with van der Waals surface area (Å²) < 4.78 is 0. The van der Waals surface area contributed by atoms with Gasteiger partial charge in [-0.25, -0.2) is 0 Å². The normalized spacial score (nSPS) is 24.2. The van der Waals surface area contributed by atoms with Gasteiger partial charge in [0.1, 0.15) is 6.07 Å². The molecule has 0 aromatic heterocycles. The number of hydrogen-bond acceptors (Lipinski definition) is 5. The van der Waals surface area contributed by atoms with Crippen LogP contribution in [0.5, 0.6) is 0 Å². The SMILES string of the molecule is CCN1CC=C2C(C#N)=C(N)C(C#N)(C#N)[C@H](c3cccc(Cl)c3Cl)[C@@H]2C1. The van der Waals surface area contributed by atoms with Crippen molar-refractivity contribution in [2.75, 3.05) is 19.6 Å². The predicted octanol–water partition coefficient (Wildman–Crippen LogP) is 3.74. The van der Waals surface area contributed by atoms with Crippen molar-refractivity contribution >= 4 is 23.2 Å². The van der Waals surface area contributed by atoms with E-state index in [0.717, 1.165) is 12.1 Å². The van der Waals surface area contributed by atoms with Crippen LogP contribution < -0.4 is 5.73 Å². The molecule has 7 heteroatoms. The van der Waals surface area contributed by atoms with E-state index in [9.17, 15) is 15.8 Å². The highest BCUT2D eigenvalue weighted by Crippen LogP contribution is 2.55. The lowest BCUT2D eigenvalue weighted by molar-refractivity contribution is 0.214. The van der Waals surface area contributed by atoms with Gasteiger partial charge in [-0.05, 0) is 23.7 Å². The Morgan fingerprint density at radius 1 is 1.26 bits per heavy atom. The number of nitrogens with zero attached hydrogens (tertiary/aromatic N) is 4. The van der Waals surface area contributed by atoms with Crippen LogP contribution in [0.25, 0.3) is 0 Å². The second kappa shape index (κ2) is 7.26. The third-order valence-electron chi connectivity index (χ3n) is 5.50. The van der Waals surface area contributed by atoms with Gasteiger partial charge < -0.3 is 5.73 Å². The Morgan fingerprint density at radius 2 is 1.96 bits per heavy atom. The van der Waals surface area contributed by atoms with Crippen molar-refractivity contribution in [3.05, 3.63) is 56.7 Å². The quantitative estimate of drug-likeness (QED) is 0.818. The lowest BCUT2D eigenvalue weighted by Gasteiger charge is -2.45. The zero-order valence-corrected chi connectivity index (χ0v) is 16.2. The average molecular weight is 398 g/mol. The number of nitriles is 3. The van der Waals surface area contributed by atoms with Crippen LogP contribution in [0.4, 0.5) is 0 Å². The maximum absolute atomic E-state index is 10.0. The number of likely N-dealkylation sites (N-methyl/N-ethyl adjacent to an activating group) is 1. The Kier molecular flexibility index (Phi) is 5.18. The molecule has 0 saturated heterocycles. The molecule has 2 aliphatic rings. The molecule has 0 unspecified atom stereocenters. The number of fused-ring (bicyclic) bond motifs is 1. The second-order valence-electron chi connectivity index (χ2n) is 6.67. The number of benzene rings is 1. The molecule has 1 aromatic carbocycles. The smallest absolute Gasteiger partial charge is 0.191 e. The van der Waals surface area contributed by atoms with Crippen molar-refractivity contribution in [3.8, 4) is 18.2 Å². The van der Waals surface area contributed by atoms with Gasteiger partial charge in [-0.3, -0.25) is 4.90 Å². The van der Waals surface area contributed by atoms with Crippen molar-refractivity contribution < 1.29 is 0 Å². The molecular formula is C20H17Cl2N5.